The van der Waals surface area contributed by atoms with Crippen molar-refractivity contribution in [3.05, 3.63) is 57.4 Å². The molecule has 25 heavy (non-hydrogen) atoms. The minimum absolute atomic E-state index is 0.0563. The van der Waals surface area contributed by atoms with Crippen molar-refractivity contribution in [2.45, 2.75) is 32.6 Å². The Hall–Kier alpha value is -2.60. The van der Waals surface area contributed by atoms with Gasteiger partial charge in [-0.3, -0.25) is 25.2 Å². The average Bonchev–Trinajstić information content (AvgIpc) is 2.93. The topological polar surface area (TPSA) is 91.1 Å². The molecule has 0 bridgehead atoms. The Morgan fingerprint density at radius 3 is 2.56 bits per heavy atom. The number of hydrazine groups is 1. The maximum absolute atomic E-state index is 12.3. The lowest BCUT2D eigenvalue weighted by Crippen LogP contribution is -2.42. The van der Waals surface area contributed by atoms with Crippen molar-refractivity contribution in [2.75, 3.05) is 0 Å². The summed E-state index contributed by atoms with van der Waals surface area (Å²) in [5.41, 5.74) is 7.91. The minimum Gasteiger partial charge on any atom is -0.354 e. The first-order valence-corrected chi connectivity index (χ1v) is 8.41. The van der Waals surface area contributed by atoms with Crippen molar-refractivity contribution in [1.82, 2.24) is 15.8 Å². The molecule has 1 aliphatic carbocycles. The average molecular weight is 360 g/mol. The van der Waals surface area contributed by atoms with Crippen LogP contribution in [0.2, 0.25) is 5.02 Å². The van der Waals surface area contributed by atoms with Crippen molar-refractivity contribution >= 4 is 29.2 Å². The van der Waals surface area contributed by atoms with E-state index in [1.54, 1.807) is 31.2 Å². The van der Waals surface area contributed by atoms with Gasteiger partial charge in [0, 0.05) is 22.7 Å². The molecule has 0 atom stereocenters. The first-order chi connectivity index (χ1) is 12.0. The third-order valence-corrected chi connectivity index (χ3v) is 4.51. The number of halogens is 1. The highest BCUT2D eigenvalue weighted by Crippen LogP contribution is 2.26. The number of fused-ring (bicyclic) bond motifs is 1. The number of nitrogens with one attached hydrogen (secondary N) is 3. The van der Waals surface area contributed by atoms with Gasteiger partial charge in [0.25, 0.3) is 5.91 Å². The highest BCUT2D eigenvalue weighted by atomic mass is 35.5. The Bertz CT molecular complexity index is 840. The van der Waals surface area contributed by atoms with E-state index >= 15 is 0 Å². The van der Waals surface area contributed by atoms with Crippen LogP contribution in [0.1, 0.15) is 50.5 Å². The second kappa shape index (κ2) is 7.11. The predicted molar refractivity (Wildman–Crippen MR) is 93.6 cm³/mol. The van der Waals surface area contributed by atoms with Gasteiger partial charge in [-0.1, -0.05) is 23.7 Å². The fourth-order valence-corrected chi connectivity index (χ4v) is 3.15. The largest absolute Gasteiger partial charge is 0.354 e. The number of Topliss-reactive ketones (excluding diaryl/α,β-unsaturated/α-hetero) is 1. The molecule has 2 amide bonds. The fraction of sp³-hybridized carbons (Fsp3) is 0.278. The van der Waals surface area contributed by atoms with Gasteiger partial charge in [-0.2, -0.15) is 0 Å². The van der Waals surface area contributed by atoms with E-state index in [9.17, 15) is 14.4 Å². The number of benzene rings is 1. The van der Waals surface area contributed by atoms with Gasteiger partial charge in [0.05, 0.1) is 6.42 Å². The molecule has 1 aromatic carbocycles. The van der Waals surface area contributed by atoms with E-state index in [1.807, 2.05) is 0 Å². The molecule has 3 N–H and O–H groups in total. The summed E-state index contributed by atoms with van der Waals surface area (Å²) in [4.78, 5) is 39.3. The van der Waals surface area contributed by atoms with Crippen LogP contribution in [0, 0.1) is 6.92 Å². The number of aromatic amines is 1. The summed E-state index contributed by atoms with van der Waals surface area (Å²) in [5, 5.41) is 0.596. The SMILES string of the molecule is Cc1c(C(=O)NNC(=O)Cc2ccc(Cl)cc2)[nH]c2c1C(=O)CCC2. The summed E-state index contributed by atoms with van der Waals surface area (Å²) in [7, 11) is 0. The number of hydrogen-bond acceptors (Lipinski definition) is 3. The molecular formula is C18H18ClN3O3. The van der Waals surface area contributed by atoms with Crippen molar-refractivity contribution in [2.24, 2.45) is 0 Å². The van der Waals surface area contributed by atoms with E-state index in [0.717, 1.165) is 24.1 Å². The van der Waals surface area contributed by atoms with E-state index in [0.29, 0.717) is 28.3 Å². The minimum atomic E-state index is -0.468. The maximum atomic E-state index is 12.3. The first-order valence-electron chi connectivity index (χ1n) is 8.04. The van der Waals surface area contributed by atoms with Gasteiger partial charge in [0.1, 0.15) is 5.69 Å². The van der Waals surface area contributed by atoms with Gasteiger partial charge in [-0.25, -0.2) is 0 Å². The molecule has 6 nitrogen and oxygen atoms in total. The zero-order chi connectivity index (χ0) is 18.0. The Labute approximate surface area is 149 Å². The van der Waals surface area contributed by atoms with Crippen LogP contribution in [0.3, 0.4) is 0 Å². The van der Waals surface area contributed by atoms with Crippen molar-refractivity contribution in [3.63, 3.8) is 0 Å². The van der Waals surface area contributed by atoms with Gasteiger partial charge in [0.2, 0.25) is 5.91 Å². The lowest BCUT2D eigenvalue weighted by molar-refractivity contribution is -0.121. The molecule has 0 fully saturated rings. The van der Waals surface area contributed by atoms with E-state index < -0.39 is 5.91 Å². The fourth-order valence-electron chi connectivity index (χ4n) is 3.02. The highest BCUT2D eigenvalue weighted by molar-refractivity contribution is 6.30. The van der Waals surface area contributed by atoms with Crippen LogP contribution < -0.4 is 10.9 Å². The van der Waals surface area contributed by atoms with Crippen LogP contribution in [0.25, 0.3) is 0 Å². The summed E-state index contributed by atoms with van der Waals surface area (Å²) in [6.07, 6.45) is 2.16. The summed E-state index contributed by atoms with van der Waals surface area (Å²) in [5.74, 6) is -0.759. The Kier molecular flexibility index (Phi) is 4.90. The lowest BCUT2D eigenvalue weighted by Gasteiger charge is -2.09. The van der Waals surface area contributed by atoms with Gasteiger partial charge in [-0.05, 0) is 43.0 Å². The van der Waals surface area contributed by atoms with Crippen molar-refractivity contribution in [1.29, 1.82) is 0 Å². The monoisotopic (exact) mass is 359 g/mol. The number of carbonyl (C=O) groups excluding carboxylic acids is 3. The number of ketones is 1. The van der Waals surface area contributed by atoms with Crippen LogP contribution >= 0.6 is 11.6 Å². The van der Waals surface area contributed by atoms with Gasteiger partial charge in [0.15, 0.2) is 5.78 Å². The predicted octanol–water partition coefficient (Wildman–Crippen LogP) is 2.50. The molecule has 0 unspecified atom stereocenters. The molecule has 7 heteroatoms. The van der Waals surface area contributed by atoms with Crippen LogP contribution in [-0.4, -0.2) is 22.6 Å². The number of aromatic nitrogens is 1. The van der Waals surface area contributed by atoms with Crippen molar-refractivity contribution < 1.29 is 14.4 Å². The first kappa shape index (κ1) is 17.2. The second-order valence-corrected chi connectivity index (χ2v) is 6.50. The number of H-pyrrole nitrogens is 1. The highest BCUT2D eigenvalue weighted by Gasteiger charge is 2.26. The molecule has 0 aliphatic heterocycles. The lowest BCUT2D eigenvalue weighted by atomic mass is 9.94. The van der Waals surface area contributed by atoms with Crippen LogP contribution in [-0.2, 0) is 17.6 Å². The number of amides is 2. The number of carbonyl (C=O) groups is 3. The summed E-state index contributed by atoms with van der Waals surface area (Å²) >= 11 is 5.80. The standard InChI is InChI=1S/C18H18ClN3O3/c1-10-16-13(3-2-4-14(16)23)20-17(10)18(25)22-21-15(24)9-11-5-7-12(19)8-6-11/h5-8,20H,2-4,9H2,1H3,(H,21,24)(H,22,25). The molecule has 1 heterocycles. The molecule has 1 aliphatic rings. The smallest absolute Gasteiger partial charge is 0.286 e. The van der Waals surface area contributed by atoms with E-state index in [1.165, 1.54) is 0 Å². The summed E-state index contributed by atoms with van der Waals surface area (Å²) < 4.78 is 0. The Morgan fingerprint density at radius 1 is 1.16 bits per heavy atom. The van der Waals surface area contributed by atoms with Gasteiger partial charge < -0.3 is 4.98 Å². The zero-order valence-corrected chi connectivity index (χ0v) is 14.5. The summed E-state index contributed by atoms with van der Waals surface area (Å²) in [6.45, 7) is 1.74. The maximum Gasteiger partial charge on any atom is 0.286 e. The molecule has 130 valence electrons. The van der Waals surface area contributed by atoms with E-state index in [4.69, 9.17) is 11.6 Å². The zero-order valence-electron chi connectivity index (χ0n) is 13.7. The molecule has 0 saturated heterocycles. The van der Waals surface area contributed by atoms with Gasteiger partial charge >= 0.3 is 0 Å². The Balaban J connectivity index is 1.62. The molecule has 2 aromatic rings. The van der Waals surface area contributed by atoms with Crippen LogP contribution in [0.4, 0.5) is 0 Å². The van der Waals surface area contributed by atoms with Crippen LogP contribution in [0.5, 0.6) is 0 Å². The quantitative estimate of drug-likeness (QED) is 0.735. The third kappa shape index (κ3) is 3.74. The molecule has 3 rings (SSSR count). The molecular weight excluding hydrogens is 342 g/mol. The second-order valence-electron chi connectivity index (χ2n) is 6.06. The molecule has 0 radical (unpaired) electrons. The molecule has 0 saturated carbocycles. The van der Waals surface area contributed by atoms with Gasteiger partial charge in [-0.15, -0.1) is 0 Å². The molecule has 0 spiro atoms. The molecule has 1 aromatic heterocycles. The summed E-state index contributed by atoms with van der Waals surface area (Å²) in [6, 6.07) is 6.90. The number of rotatable bonds is 3. The third-order valence-electron chi connectivity index (χ3n) is 4.26. The van der Waals surface area contributed by atoms with E-state index in [-0.39, 0.29) is 18.1 Å². The normalized spacial score (nSPS) is 13.3. The number of aryl methyl sites for hydroxylation is 1. The van der Waals surface area contributed by atoms with E-state index in [2.05, 4.69) is 15.8 Å². The van der Waals surface area contributed by atoms with Crippen molar-refractivity contribution in [3.8, 4) is 0 Å². The van der Waals surface area contributed by atoms with Crippen LogP contribution in [0.15, 0.2) is 24.3 Å². The number of hydrogen-bond donors (Lipinski definition) is 3. The Morgan fingerprint density at radius 2 is 1.88 bits per heavy atom.